The minimum absolute atomic E-state index is 0.100. The van der Waals surface area contributed by atoms with E-state index in [2.05, 4.69) is 15.5 Å². The zero-order valence-electron chi connectivity index (χ0n) is 15.7. The molecule has 0 radical (unpaired) electrons. The van der Waals surface area contributed by atoms with Crippen LogP contribution >= 0.6 is 0 Å². The number of nitro benzene ring substituents is 1. The topological polar surface area (TPSA) is 111 Å². The average molecular weight is 388 g/mol. The number of nitrogens with zero attached hydrogens (tertiary/aromatic N) is 3. The zero-order chi connectivity index (χ0) is 20.5. The second-order valence-corrected chi connectivity index (χ2v) is 6.58. The number of rotatable bonds is 4. The molecule has 0 saturated carbocycles. The van der Waals surface area contributed by atoms with Crippen molar-refractivity contribution in [2.75, 3.05) is 5.32 Å². The number of nitrogens with one attached hydrogen (secondary N) is 1. The maximum atomic E-state index is 13.1. The van der Waals surface area contributed by atoms with Crippen LogP contribution in [0.5, 0.6) is 0 Å². The van der Waals surface area contributed by atoms with E-state index in [1.54, 1.807) is 26.0 Å². The lowest BCUT2D eigenvalue weighted by Crippen LogP contribution is -2.14. The normalized spacial score (nSPS) is 10.8. The maximum absolute atomic E-state index is 13.1. The number of anilines is 1. The molecular weight excluding hydrogens is 372 g/mol. The lowest BCUT2D eigenvalue weighted by atomic mass is 10.0. The Morgan fingerprint density at radius 2 is 1.86 bits per heavy atom. The van der Waals surface area contributed by atoms with E-state index < -0.39 is 10.8 Å². The van der Waals surface area contributed by atoms with Gasteiger partial charge in [-0.25, -0.2) is 4.98 Å². The first kappa shape index (κ1) is 18.3. The Labute approximate surface area is 165 Å². The van der Waals surface area contributed by atoms with E-state index in [-0.39, 0.29) is 11.4 Å². The number of carbonyl (C=O) groups excluding carboxylic acids is 1. The second-order valence-electron chi connectivity index (χ2n) is 6.58. The highest BCUT2D eigenvalue weighted by molar-refractivity contribution is 6.13. The number of aromatic nitrogens is 2. The summed E-state index contributed by atoms with van der Waals surface area (Å²) >= 11 is 0. The highest BCUT2D eigenvalue weighted by Crippen LogP contribution is 2.29. The van der Waals surface area contributed by atoms with Crippen LogP contribution in [0.25, 0.3) is 22.4 Å². The molecule has 4 rings (SSSR count). The lowest BCUT2D eigenvalue weighted by molar-refractivity contribution is -0.384. The van der Waals surface area contributed by atoms with Crippen molar-refractivity contribution in [3.63, 3.8) is 0 Å². The number of non-ortho nitro benzene ring substituents is 1. The number of fused-ring (bicyclic) bond motifs is 1. The first-order valence-corrected chi connectivity index (χ1v) is 8.83. The minimum Gasteiger partial charge on any atom is -0.335 e. The first-order chi connectivity index (χ1) is 13.9. The van der Waals surface area contributed by atoms with Crippen molar-refractivity contribution in [3.8, 4) is 11.3 Å². The van der Waals surface area contributed by atoms with Crippen molar-refractivity contribution >= 4 is 28.4 Å². The summed E-state index contributed by atoms with van der Waals surface area (Å²) in [5, 5.41) is 18.3. The zero-order valence-corrected chi connectivity index (χ0v) is 15.7. The van der Waals surface area contributed by atoms with E-state index in [0.29, 0.717) is 33.6 Å². The molecule has 0 aliphatic heterocycles. The molecule has 2 aromatic heterocycles. The fourth-order valence-corrected chi connectivity index (χ4v) is 3.08. The predicted molar refractivity (Wildman–Crippen MR) is 108 cm³/mol. The summed E-state index contributed by atoms with van der Waals surface area (Å²) < 4.78 is 5.30. The molecule has 8 heteroatoms. The molecule has 0 aliphatic carbocycles. The molecule has 0 unspecified atom stereocenters. The summed E-state index contributed by atoms with van der Waals surface area (Å²) in [6.07, 6.45) is 0. The van der Waals surface area contributed by atoms with Crippen LogP contribution in [0.2, 0.25) is 0 Å². The molecule has 1 N–H and O–H groups in total. The number of benzene rings is 2. The van der Waals surface area contributed by atoms with Crippen molar-refractivity contribution < 1.29 is 14.2 Å². The van der Waals surface area contributed by atoms with Gasteiger partial charge in [0, 0.05) is 17.7 Å². The molecule has 0 aliphatic rings. The van der Waals surface area contributed by atoms with Crippen LogP contribution in [0.4, 0.5) is 11.4 Å². The molecule has 0 fully saturated rings. The quantitative estimate of drug-likeness (QED) is 0.402. The molecule has 0 bridgehead atoms. The SMILES string of the molecule is Cc1ccc([N+](=O)[O-])cc1NC(=O)c1cc(-c2ccccc2)nc2onc(C)c12. The Bertz CT molecular complexity index is 1250. The fraction of sp³-hybridized carbons (Fsp3) is 0.0952. The van der Waals surface area contributed by atoms with Gasteiger partial charge in [0.1, 0.15) is 0 Å². The van der Waals surface area contributed by atoms with Gasteiger partial charge >= 0.3 is 0 Å². The fourth-order valence-electron chi connectivity index (χ4n) is 3.08. The van der Waals surface area contributed by atoms with Crippen LogP contribution < -0.4 is 5.32 Å². The Kier molecular flexibility index (Phi) is 4.52. The molecule has 0 atom stereocenters. The van der Waals surface area contributed by atoms with E-state index >= 15 is 0 Å². The Balaban J connectivity index is 1.81. The van der Waals surface area contributed by atoms with Gasteiger partial charge in [0.25, 0.3) is 17.3 Å². The van der Waals surface area contributed by atoms with Crippen molar-refractivity contribution in [2.45, 2.75) is 13.8 Å². The molecule has 8 nitrogen and oxygen atoms in total. The van der Waals surface area contributed by atoms with Gasteiger partial charge in [-0.05, 0) is 25.5 Å². The highest BCUT2D eigenvalue weighted by atomic mass is 16.6. The van der Waals surface area contributed by atoms with Crippen LogP contribution in [-0.4, -0.2) is 21.0 Å². The molecule has 4 aromatic rings. The van der Waals surface area contributed by atoms with Gasteiger partial charge < -0.3 is 9.84 Å². The van der Waals surface area contributed by atoms with Crippen molar-refractivity contribution in [3.05, 3.63) is 81.5 Å². The smallest absolute Gasteiger partial charge is 0.271 e. The number of carbonyl (C=O) groups is 1. The highest BCUT2D eigenvalue weighted by Gasteiger charge is 2.20. The van der Waals surface area contributed by atoms with Gasteiger partial charge in [0.2, 0.25) is 0 Å². The van der Waals surface area contributed by atoms with E-state index in [1.807, 2.05) is 30.3 Å². The molecule has 2 heterocycles. The maximum Gasteiger partial charge on any atom is 0.271 e. The second kappa shape index (κ2) is 7.16. The van der Waals surface area contributed by atoms with E-state index in [4.69, 9.17) is 4.52 Å². The summed E-state index contributed by atoms with van der Waals surface area (Å²) in [6.45, 7) is 3.49. The van der Waals surface area contributed by atoms with Gasteiger partial charge in [0.15, 0.2) is 0 Å². The third kappa shape index (κ3) is 3.43. The molecule has 2 aromatic carbocycles. The Morgan fingerprint density at radius 3 is 2.59 bits per heavy atom. The van der Waals surface area contributed by atoms with E-state index in [9.17, 15) is 14.9 Å². The first-order valence-electron chi connectivity index (χ1n) is 8.83. The van der Waals surface area contributed by atoms with Crippen molar-refractivity contribution in [1.29, 1.82) is 0 Å². The van der Waals surface area contributed by atoms with E-state index in [1.165, 1.54) is 12.1 Å². The van der Waals surface area contributed by atoms with E-state index in [0.717, 1.165) is 5.56 Å². The monoisotopic (exact) mass is 388 g/mol. The molecule has 0 saturated heterocycles. The van der Waals surface area contributed by atoms with Gasteiger partial charge in [0.05, 0.1) is 32.9 Å². The largest absolute Gasteiger partial charge is 0.335 e. The van der Waals surface area contributed by atoms with Gasteiger partial charge in [-0.2, -0.15) is 0 Å². The van der Waals surface area contributed by atoms with Crippen LogP contribution in [0, 0.1) is 24.0 Å². The van der Waals surface area contributed by atoms with Crippen molar-refractivity contribution in [2.24, 2.45) is 0 Å². The molecular formula is C21H16N4O4. The summed E-state index contributed by atoms with van der Waals surface area (Å²) in [7, 11) is 0. The summed E-state index contributed by atoms with van der Waals surface area (Å²) in [6, 6.07) is 15.4. The van der Waals surface area contributed by atoms with Gasteiger partial charge in [-0.3, -0.25) is 14.9 Å². The standard InChI is InChI=1S/C21H16N4O4/c1-12-8-9-15(25(27)28)10-17(12)22-20(26)16-11-18(14-6-4-3-5-7-14)23-21-19(16)13(2)24-29-21/h3-11H,1-2H3,(H,22,26). The number of nitro groups is 1. The number of pyridine rings is 1. The summed E-state index contributed by atoms with van der Waals surface area (Å²) in [4.78, 5) is 28.2. The van der Waals surface area contributed by atoms with Gasteiger partial charge in [-0.1, -0.05) is 41.6 Å². The number of aryl methyl sites for hydroxylation is 2. The number of hydrogen-bond donors (Lipinski definition) is 1. The minimum atomic E-state index is -0.503. The summed E-state index contributed by atoms with van der Waals surface area (Å²) in [5.41, 5.74) is 3.48. The van der Waals surface area contributed by atoms with Crippen LogP contribution in [0.3, 0.4) is 0 Å². The van der Waals surface area contributed by atoms with Crippen molar-refractivity contribution in [1.82, 2.24) is 10.1 Å². The summed E-state index contributed by atoms with van der Waals surface area (Å²) in [5.74, 6) is -0.426. The molecule has 29 heavy (non-hydrogen) atoms. The number of amides is 1. The predicted octanol–water partition coefficient (Wildman–Crippen LogP) is 4.67. The van der Waals surface area contributed by atoms with Crippen LogP contribution in [0.15, 0.2) is 59.1 Å². The molecule has 144 valence electrons. The van der Waals surface area contributed by atoms with Gasteiger partial charge in [-0.15, -0.1) is 0 Å². The number of hydrogen-bond acceptors (Lipinski definition) is 6. The molecule has 1 amide bonds. The molecule has 0 spiro atoms. The third-order valence-electron chi connectivity index (χ3n) is 4.61. The Morgan fingerprint density at radius 1 is 1.10 bits per heavy atom. The lowest BCUT2D eigenvalue weighted by Gasteiger charge is -2.10. The van der Waals surface area contributed by atoms with Crippen LogP contribution in [0.1, 0.15) is 21.6 Å². The third-order valence-corrected chi connectivity index (χ3v) is 4.61. The average Bonchev–Trinajstić information content (AvgIpc) is 3.10. The Hall–Kier alpha value is -4.07. The van der Waals surface area contributed by atoms with Crippen LogP contribution in [-0.2, 0) is 0 Å².